The van der Waals surface area contributed by atoms with Crippen LogP contribution in [-0.2, 0) is 9.59 Å². The largest absolute Gasteiger partial charge is 0.479 e. The van der Waals surface area contributed by atoms with E-state index in [0.29, 0.717) is 12.7 Å². The number of aliphatic carboxylic acids is 1. The molecule has 0 amide bonds. The minimum atomic E-state index is -1.98. The zero-order valence-electron chi connectivity index (χ0n) is 9.99. The summed E-state index contributed by atoms with van der Waals surface area (Å²) in [5, 5.41) is 17.5. The first-order valence-corrected chi connectivity index (χ1v) is 6.16. The first kappa shape index (κ1) is 15.9. The van der Waals surface area contributed by atoms with Gasteiger partial charge < -0.3 is 9.90 Å². The Labute approximate surface area is 107 Å². The van der Waals surface area contributed by atoms with Gasteiger partial charge in [-0.05, 0) is 6.42 Å². The summed E-state index contributed by atoms with van der Waals surface area (Å²) >= 11 is 5.65. The van der Waals surface area contributed by atoms with Crippen LogP contribution < -0.4 is 0 Å². The number of carboxylic acid groups (broad SMARTS) is 1. The summed E-state index contributed by atoms with van der Waals surface area (Å²) in [6, 6.07) is 1.55. The van der Waals surface area contributed by atoms with Crippen LogP contribution in [0.15, 0.2) is 0 Å². The lowest BCUT2D eigenvalue weighted by molar-refractivity contribution is -0.139. The second-order valence-corrected chi connectivity index (χ2v) is 4.81. The predicted octanol–water partition coefficient (Wildman–Crippen LogP) is 2.75. The number of carboxylic acids is 1. The summed E-state index contributed by atoms with van der Waals surface area (Å²) in [6.45, 7) is 2.08. The molecule has 2 atom stereocenters. The van der Waals surface area contributed by atoms with Crippen molar-refractivity contribution in [1.82, 2.24) is 0 Å². The second-order valence-electron chi connectivity index (χ2n) is 4.17. The van der Waals surface area contributed by atoms with E-state index in [1.54, 1.807) is 6.07 Å². The van der Waals surface area contributed by atoms with Crippen LogP contribution in [0.4, 0.5) is 0 Å². The summed E-state index contributed by atoms with van der Waals surface area (Å²) in [5.74, 6) is -1.85. The van der Waals surface area contributed by atoms with Gasteiger partial charge in [0.2, 0.25) is 4.87 Å². The molecule has 0 radical (unpaired) electrons. The van der Waals surface area contributed by atoms with E-state index in [9.17, 15) is 9.59 Å². The van der Waals surface area contributed by atoms with Crippen molar-refractivity contribution in [3.05, 3.63) is 0 Å². The van der Waals surface area contributed by atoms with Gasteiger partial charge in [-0.1, -0.05) is 44.2 Å². The fourth-order valence-electron chi connectivity index (χ4n) is 1.59. The number of halogens is 1. The molecule has 0 saturated heterocycles. The molecule has 17 heavy (non-hydrogen) atoms. The summed E-state index contributed by atoms with van der Waals surface area (Å²) in [6.07, 6.45) is 5.21. The van der Waals surface area contributed by atoms with E-state index in [4.69, 9.17) is 22.0 Å². The summed E-state index contributed by atoms with van der Waals surface area (Å²) in [5.41, 5.74) is 0. The maximum atomic E-state index is 10.8. The number of aldehydes is 1. The topological polar surface area (TPSA) is 78.2 Å². The molecule has 96 valence electrons. The molecule has 0 aromatic carbocycles. The average Bonchev–Trinajstić information content (AvgIpc) is 2.32. The molecule has 0 fully saturated rings. The van der Waals surface area contributed by atoms with Crippen LogP contribution in [0.25, 0.3) is 0 Å². The van der Waals surface area contributed by atoms with E-state index in [0.717, 1.165) is 25.7 Å². The van der Waals surface area contributed by atoms with E-state index in [2.05, 4.69) is 6.92 Å². The molecule has 0 aromatic heterocycles. The van der Waals surface area contributed by atoms with Crippen LogP contribution in [0, 0.1) is 17.2 Å². The zero-order chi connectivity index (χ0) is 13.3. The van der Waals surface area contributed by atoms with Gasteiger partial charge in [-0.15, -0.1) is 0 Å². The van der Waals surface area contributed by atoms with Crippen molar-refractivity contribution in [3.63, 3.8) is 0 Å². The molecule has 0 spiro atoms. The Morgan fingerprint density at radius 1 is 1.53 bits per heavy atom. The smallest absolute Gasteiger partial charge is 0.339 e. The zero-order valence-corrected chi connectivity index (χ0v) is 10.7. The number of hydrogen-bond acceptors (Lipinski definition) is 3. The quantitative estimate of drug-likeness (QED) is 0.392. The fourth-order valence-corrected chi connectivity index (χ4v) is 1.79. The molecule has 0 saturated carbocycles. The number of alkyl halides is 1. The molecule has 4 nitrogen and oxygen atoms in total. The van der Waals surface area contributed by atoms with Crippen molar-refractivity contribution >= 4 is 23.9 Å². The molecule has 0 aliphatic rings. The third-order valence-electron chi connectivity index (χ3n) is 2.68. The normalized spacial score (nSPS) is 15.6. The number of nitriles is 1. The molecule has 0 heterocycles. The molecule has 0 aliphatic heterocycles. The van der Waals surface area contributed by atoms with Crippen molar-refractivity contribution < 1.29 is 14.7 Å². The van der Waals surface area contributed by atoms with Gasteiger partial charge in [0.15, 0.2) is 0 Å². The molecular formula is C12H18ClNO3. The number of carbonyl (C=O) groups excluding carboxylic acids is 1. The SMILES string of the molecule is CCCCCCC(C=O)CC(Cl)(C#N)C(=O)O. The first-order chi connectivity index (χ1) is 8.00. The van der Waals surface area contributed by atoms with Gasteiger partial charge >= 0.3 is 5.97 Å². The fraction of sp³-hybridized carbons (Fsp3) is 0.750. The molecule has 2 unspecified atom stereocenters. The monoisotopic (exact) mass is 259 g/mol. The average molecular weight is 260 g/mol. The first-order valence-electron chi connectivity index (χ1n) is 5.79. The van der Waals surface area contributed by atoms with Crippen molar-refractivity contribution in [2.24, 2.45) is 5.92 Å². The molecule has 0 bridgehead atoms. The van der Waals surface area contributed by atoms with Crippen LogP contribution in [0.1, 0.15) is 45.4 Å². The number of rotatable bonds is 9. The van der Waals surface area contributed by atoms with Gasteiger partial charge in [0.25, 0.3) is 0 Å². The van der Waals surface area contributed by atoms with Gasteiger partial charge in [-0.3, -0.25) is 0 Å². The summed E-state index contributed by atoms with van der Waals surface area (Å²) < 4.78 is 0. The predicted molar refractivity (Wildman–Crippen MR) is 64.8 cm³/mol. The minimum absolute atomic E-state index is 0.129. The summed E-state index contributed by atoms with van der Waals surface area (Å²) in [7, 11) is 0. The van der Waals surface area contributed by atoms with Crippen LogP contribution in [0.3, 0.4) is 0 Å². The molecule has 1 N–H and O–H groups in total. The van der Waals surface area contributed by atoms with Gasteiger partial charge in [-0.25, -0.2) is 4.79 Å². The van der Waals surface area contributed by atoms with Crippen LogP contribution in [0.5, 0.6) is 0 Å². The lowest BCUT2D eigenvalue weighted by Crippen LogP contribution is -2.33. The Kier molecular flexibility index (Phi) is 7.56. The van der Waals surface area contributed by atoms with Crippen molar-refractivity contribution in [2.75, 3.05) is 0 Å². The van der Waals surface area contributed by atoms with Crippen LogP contribution in [-0.4, -0.2) is 22.2 Å². The van der Waals surface area contributed by atoms with Crippen LogP contribution >= 0.6 is 11.6 Å². The van der Waals surface area contributed by atoms with E-state index in [-0.39, 0.29) is 6.42 Å². The Balaban J connectivity index is 4.25. The van der Waals surface area contributed by atoms with Gasteiger partial charge in [-0.2, -0.15) is 5.26 Å². The van der Waals surface area contributed by atoms with E-state index in [1.807, 2.05) is 0 Å². The van der Waals surface area contributed by atoms with Gasteiger partial charge in [0.1, 0.15) is 6.29 Å². The lowest BCUT2D eigenvalue weighted by atomic mass is 9.91. The Morgan fingerprint density at radius 2 is 2.18 bits per heavy atom. The standard InChI is InChI=1S/C12H18ClNO3/c1-2-3-4-5-6-10(8-15)7-12(13,9-14)11(16)17/h8,10H,2-7H2,1H3,(H,16,17). The molecule has 0 rings (SSSR count). The molecule has 5 heteroatoms. The minimum Gasteiger partial charge on any atom is -0.479 e. The number of carbonyl (C=O) groups is 2. The van der Waals surface area contributed by atoms with Crippen LogP contribution in [0.2, 0.25) is 0 Å². The highest BCUT2D eigenvalue weighted by molar-refractivity contribution is 6.36. The van der Waals surface area contributed by atoms with Crippen molar-refractivity contribution in [2.45, 2.75) is 50.3 Å². The number of unbranched alkanes of at least 4 members (excludes halogenated alkanes) is 3. The highest BCUT2D eigenvalue weighted by Gasteiger charge is 2.38. The van der Waals surface area contributed by atoms with E-state index in [1.165, 1.54) is 0 Å². The number of nitrogens with zero attached hydrogens (tertiary/aromatic N) is 1. The maximum absolute atomic E-state index is 10.8. The van der Waals surface area contributed by atoms with Gasteiger partial charge in [0, 0.05) is 12.3 Å². The Morgan fingerprint density at radius 3 is 2.59 bits per heavy atom. The van der Waals surface area contributed by atoms with E-state index < -0.39 is 16.8 Å². The Hall–Kier alpha value is -1.08. The van der Waals surface area contributed by atoms with E-state index >= 15 is 0 Å². The third-order valence-corrected chi connectivity index (χ3v) is 3.08. The molecule has 0 aliphatic carbocycles. The van der Waals surface area contributed by atoms with Gasteiger partial charge in [0.05, 0.1) is 6.07 Å². The maximum Gasteiger partial charge on any atom is 0.339 e. The van der Waals surface area contributed by atoms with Crippen molar-refractivity contribution in [3.8, 4) is 6.07 Å². The lowest BCUT2D eigenvalue weighted by Gasteiger charge is -2.17. The summed E-state index contributed by atoms with van der Waals surface area (Å²) in [4.78, 5) is 19.7. The highest BCUT2D eigenvalue weighted by Crippen LogP contribution is 2.26. The highest BCUT2D eigenvalue weighted by atomic mass is 35.5. The molecule has 0 aromatic rings. The second kappa shape index (κ2) is 8.08. The Bertz CT molecular complexity index is 301. The third kappa shape index (κ3) is 5.69. The number of hydrogen-bond donors (Lipinski definition) is 1. The molecular weight excluding hydrogens is 242 g/mol. The van der Waals surface area contributed by atoms with Crippen molar-refractivity contribution in [1.29, 1.82) is 5.26 Å².